The predicted molar refractivity (Wildman–Crippen MR) is 121 cm³/mol. The standard InChI is InChI=1S/C25H31F2N3O3/c26-23-7-4-8-24(27)22(23)19-29-13-16-33-21(17-29)18-30(10-9-28-11-14-32-15-12-28)25(31)20-5-2-1-3-6-20/h1-8,21H,9-19H2. The summed E-state index contributed by atoms with van der Waals surface area (Å²) in [6.07, 6.45) is -0.231. The number of hydrogen-bond acceptors (Lipinski definition) is 5. The van der Waals surface area contributed by atoms with Crippen molar-refractivity contribution in [1.29, 1.82) is 0 Å². The van der Waals surface area contributed by atoms with Crippen molar-refractivity contribution in [3.05, 3.63) is 71.3 Å². The third kappa shape index (κ3) is 6.57. The van der Waals surface area contributed by atoms with Gasteiger partial charge in [-0.05, 0) is 24.3 Å². The smallest absolute Gasteiger partial charge is 0.253 e. The van der Waals surface area contributed by atoms with Crippen molar-refractivity contribution in [2.45, 2.75) is 12.6 Å². The molecule has 0 spiro atoms. The Morgan fingerprint density at radius 1 is 0.939 bits per heavy atom. The van der Waals surface area contributed by atoms with E-state index in [9.17, 15) is 13.6 Å². The highest BCUT2D eigenvalue weighted by atomic mass is 19.1. The van der Waals surface area contributed by atoms with Crippen LogP contribution < -0.4 is 0 Å². The van der Waals surface area contributed by atoms with E-state index in [2.05, 4.69) is 4.90 Å². The predicted octanol–water partition coefficient (Wildman–Crippen LogP) is 2.64. The van der Waals surface area contributed by atoms with Gasteiger partial charge in [0.15, 0.2) is 0 Å². The third-order valence-electron chi connectivity index (χ3n) is 6.19. The molecule has 2 aliphatic heterocycles. The van der Waals surface area contributed by atoms with Crippen molar-refractivity contribution in [1.82, 2.24) is 14.7 Å². The van der Waals surface area contributed by atoms with Crippen molar-refractivity contribution < 1.29 is 23.0 Å². The van der Waals surface area contributed by atoms with Crippen molar-refractivity contribution in [2.24, 2.45) is 0 Å². The Bertz CT molecular complexity index is 889. The molecule has 178 valence electrons. The Hall–Kier alpha value is -2.39. The highest BCUT2D eigenvalue weighted by molar-refractivity contribution is 5.94. The molecule has 1 atom stereocenters. The van der Waals surface area contributed by atoms with Crippen LogP contribution in [0.3, 0.4) is 0 Å². The molecule has 2 aromatic rings. The minimum atomic E-state index is -0.538. The Morgan fingerprint density at radius 2 is 1.64 bits per heavy atom. The monoisotopic (exact) mass is 459 g/mol. The van der Waals surface area contributed by atoms with E-state index in [1.54, 1.807) is 0 Å². The Morgan fingerprint density at radius 3 is 2.36 bits per heavy atom. The first-order valence-corrected chi connectivity index (χ1v) is 11.5. The number of rotatable bonds is 8. The van der Waals surface area contributed by atoms with Gasteiger partial charge in [0.2, 0.25) is 0 Å². The van der Waals surface area contributed by atoms with Crippen LogP contribution in [0.4, 0.5) is 8.78 Å². The van der Waals surface area contributed by atoms with Gasteiger partial charge in [0.05, 0.1) is 25.9 Å². The molecule has 2 fully saturated rings. The number of amides is 1. The Labute approximate surface area is 193 Å². The summed E-state index contributed by atoms with van der Waals surface area (Å²) in [6, 6.07) is 13.2. The van der Waals surface area contributed by atoms with Gasteiger partial charge in [-0.25, -0.2) is 8.78 Å². The summed E-state index contributed by atoms with van der Waals surface area (Å²) in [6.45, 7) is 6.62. The van der Waals surface area contributed by atoms with E-state index in [1.165, 1.54) is 18.2 Å². The lowest BCUT2D eigenvalue weighted by molar-refractivity contribution is -0.0448. The molecule has 2 heterocycles. The molecule has 1 unspecified atom stereocenters. The Kier molecular flexibility index (Phi) is 8.39. The van der Waals surface area contributed by atoms with E-state index in [0.717, 1.165) is 19.6 Å². The molecule has 0 N–H and O–H groups in total. The molecular weight excluding hydrogens is 428 g/mol. The number of nitrogens with zero attached hydrogens (tertiary/aromatic N) is 3. The minimum absolute atomic E-state index is 0.0373. The minimum Gasteiger partial charge on any atom is -0.379 e. The topological polar surface area (TPSA) is 45.2 Å². The zero-order valence-corrected chi connectivity index (χ0v) is 18.8. The normalized spacial score (nSPS) is 20.0. The molecule has 0 aromatic heterocycles. The van der Waals surface area contributed by atoms with Crippen LogP contribution in [0.2, 0.25) is 0 Å². The van der Waals surface area contributed by atoms with E-state index < -0.39 is 11.6 Å². The molecular formula is C25H31F2N3O3. The van der Waals surface area contributed by atoms with Crippen LogP contribution in [-0.2, 0) is 16.0 Å². The number of halogens is 2. The second kappa shape index (κ2) is 11.7. The van der Waals surface area contributed by atoms with Crippen LogP contribution >= 0.6 is 0 Å². The van der Waals surface area contributed by atoms with Crippen LogP contribution in [0, 0.1) is 11.6 Å². The summed E-state index contributed by atoms with van der Waals surface area (Å²) in [5.41, 5.74) is 0.711. The molecule has 8 heteroatoms. The van der Waals surface area contributed by atoms with E-state index in [0.29, 0.717) is 51.6 Å². The van der Waals surface area contributed by atoms with E-state index in [1.807, 2.05) is 40.1 Å². The van der Waals surface area contributed by atoms with Crippen LogP contribution in [0.1, 0.15) is 15.9 Å². The van der Waals surface area contributed by atoms with Gasteiger partial charge in [-0.3, -0.25) is 14.6 Å². The molecule has 0 aliphatic carbocycles. The molecule has 1 amide bonds. The molecule has 6 nitrogen and oxygen atoms in total. The molecule has 2 aromatic carbocycles. The number of carbonyl (C=O) groups excluding carboxylic acids is 1. The maximum atomic E-state index is 14.1. The van der Waals surface area contributed by atoms with E-state index in [-0.39, 0.29) is 24.1 Å². The average Bonchev–Trinajstić information content (AvgIpc) is 2.85. The zero-order chi connectivity index (χ0) is 23.0. The highest BCUT2D eigenvalue weighted by Crippen LogP contribution is 2.18. The van der Waals surface area contributed by atoms with Crippen LogP contribution in [0.5, 0.6) is 0 Å². The largest absolute Gasteiger partial charge is 0.379 e. The molecule has 2 aliphatic rings. The number of carbonyl (C=O) groups is 1. The van der Waals surface area contributed by atoms with Gasteiger partial charge in [-0.2, -0.15) is 0 Å². The summed E-state index contributed by atoms with van der Waals surface area (Å²) in [4.78, 5) is 19.4. The Balaban J connectivity index is 1.41. The fourth-order valence-electron chi connectivity index (χ4n) is 4.31. The van der Waals surface area contributed by atoms with E-state index >= 15 is 0 Å². The molecule has 0 radical (unpaired) electrons. The van der Waals surface area contributed by atoms with Gasteiger partial charge in [0.1, 0.15) is 11.6 Å². The van der Waals surface area contributed by atoms with Crippen molar-refractivity contribution in [2.75, 3.05) is 65.6 Å². The van der Waals surface area contributed by atoms with Gasteiger partial charge < -0.3 is 14.4 Å². The van der Waals surface area contributed by atoms with Gasteiger partial charge in [-0.1, -0.05) is 24.3 Å². The summed E-state index contributed by atoms with van der Waals surface area (Å²) >= 11 is 0. The molecule has 33 heavy (non-hydrogen) atoms. The van der Waals surface area contributed by atoms with Gasteiger partial charge >= 0.3 is 0 Å². The van der Waals surface area contributed by atoms with Crippen molar-refractivity contribution in [3.63, 3.8) is 0 Å². The fraction of sp³-hybridized carbons (Fsp3) is 0.480. The number of morpholine rings is 2. The third-order valence-corrected chi connectivity index (χ3v) is 6.19. The van der Waals surface area contributed by atoms with Crippen molar-refractivity contribution in [3.8, 4) is 0 Å². The van der Waals surface area contributed by atoms with Crippen LogP contribution in [-0.4, -0.2) is 92.3 Å². The SMILES string of the molecule is O=C(c1ccccc1)N(CCN1CCOCC1)CC1CN(Cc2c(F)cccc2F)CCO1. The van der Waals surface area contributed by atoms with Crippen molar-refractivity contribution >= 4 is 5.91 Å². The second-order valence-corrected chi connectivity index (χ2v) is 8.50. The van der Waals surface area contributed by atoms with Gasteiger partial charge in [0.25, 0.3) is 5.91 Å². The summed E-state index contributed by atoms with van der Waals surface area (Å²) < 4.78 is 39.6. The summed E-state index contributed by atoms with van der Waals surface area (Å²) in [5.74, 6) is -1.11. The number of hydrogen-bond donors (Lipinski definition) is 0. The zero-order valence-electron chi connectivity index (χ0n) is 18.8. The maximum Gasteiger partial charge on any atom is 0.253 e. The van der Waals surface area contributed by atoms with Gasteiger partial charge in [-0.15, -0.1) is 0 Å². The average molecular weight is 460 g/mol. The lowest BCUT2D eigenvalue weighted by atomic mass is 10.1. The fourth-order valence-corrected chi connectivity index (χ4v) is 4.31. The number of ether oxygens (including phenoxy) is 2. The second-order valence-electron chi connectivity index (χ2n) is 8.50. The summed E-state index contributed by atoms with van der Waals surface area (Å²) in [5, 5.41) is 0. The molecule has 2 saturated heterocycles. The summed E-state index contributed by atoms with van der Waals surface area (Å²) in [7, 11) is 0. The molecule has 0 saturated carbocycles. The first-order valence-electron chi connectivity index (χ1n) is 11.5. The lowest BCUT2D eigenvalue weighted by Crippen LogP contribution is -2.50. The highest BCUT2D eigenvalue weighted by Gasteiger charge is 2.27. The quantitative estimate of drug-likeness (QED) is 0.608. The first-order chi connectivity index (χ1) is 16.1. The van der Waals surface area contributed by atoms with Gasteiger partial charge in [0, 0.05) is 63.5 Å². The molecule has 4 rings (SSSR count). The first kappa shape index (κ1) is 23.8. The van der Waals surface area contributed by atoms with Crippen LogP contribution in [0.15, 0.2) is 48.5 Å². The van der Waals surface area contributed by atoms with E-state index in [4.69, 9.17) is 9.47 Å². The molecule has 0 bridgehead atoms. The number of benzene rings is 2. The maximum absolute atomic E-state index is 14.1. The van der Waals surface area contributed by atoms with Crippen LogP contribution in [0.25, 0.3) is 0 Å². The lowest BCUT2D eigenvalue weighted by Gasteiger charge is -2.37.